The van der Waals surface area contributed by atoms with Gasteiger partial charge in [-0.25, -0.2) is 15.0 Å². The molecule has 0 unspecified atom stereocenters. The van der Waals surface area contributed by atoms with Crippen molar-refractivity contribution in [2.24, 2.45) is 0 Å². The highest BCUT2D eigenvalue weighted by atomic mass is 32.1. The number of rotatable bonds is 5. The molecule has 10 rings (SSSR count). The third-order valence-electron chi connectivity index (χ3n) is 8.70. The quantitative estimate of drug-likeness (QED) is 0.181. The van der Waals surface area contributed by atoms with E-state index in [1.54, 1.807) is 22.7 Å². The van der Waals surface area contributed by atoms with Crippen LogP contribution in [0.1, 0.15) is 13.7 Å². The molecule has 0 saturated carbocycles. The zero-order valence-corrected chi connectivity index (χ0v) is 27.6. The summed E-state index contributed by atoms with van der Waals surface area (Å²) in [4.78, 5) is 14.1. The molecule has 0 radical (unpaired) electrons. The van der Waals surface area contributed by atoms with Crippen LogP contribution in [0.25, 0.3) is 96.8 Å². The van der Waals surface area contributed by atoms with Gasteiger partial charge in [0.2, 0.25) is 0 Å². The molecule has 0 aliphatic rings. The summed E-state index contributed by atoms with van der Waals surface area (Å²) >= 11 is 3.39. The van der Waals surface area contributed by atoms with Crippen molar-refractivity contribution in [3.63, 3.8) is 0 Å². The molecule has 0 saturated heterocycles. The van der Waals surface area contributed by atoms with E-state index < -0.39 is 60.4 Å². The van der Waals surface area contributed by atoms with Crippen molar-refractivity contribution < 1.29 is 13.7 Å². The zero-order chi connectivity index (χ0) is 41.7. The molecule has 0 amide bonds. The lowest BCUT2D eigenvalue weighted by Crippen LogP contribution is -2.00. The molecule has 3 nitrogen and oxygen atoms in total. The Bertz CT molecular complexity index is 3190. The standard InChI is InChI=1S/C45H27N3S2/c1-3-13-28(14-4-1)43-46-44(29-15-5-2-6-16-29)48-45(47-43)32-26-30(33-19-11-23-39-41(33)35-17-7-9-21-37(35)49-39)25-31(27-32)34-20-12-24-40-42(34)36-18-8-10-22-38(36)50-40/h1-27H/i1D,2D,3D,4D,5D,6D,13D,14D,15D,16D. The fraction of sp³-hybridized carbons (Fsp3) is 0. The van der Waals surface area contributed by atoms with E-state index in [1.807, 2.05) is 48.5 Å². The molecule has 0 aliphatic heterocycles. The third-order valence-corrected chi connectivity index (χ3v) is 11.0. The molecule has 50 heavy (non-hydrogen) atoms. The fourth-order valence-electron chi connectivity index (χ4n) is 6.55. The van der Waals surface area contributed by atoms with Crippen molar-refractivity contribution >= 4 is 63.0 Å². The number of nitrogens with zero attached hydrogens (tertiary/aromatic N) is 3. The molecule has 10 aromatic rings. The van der Waals surface area contributed by atoms with Gasteiger partial charge >= 0.3 is 0 Å². The highest BCUT2D eigenvalue weighted by molar-refractivity contribution is 7.26. The average molecular weight is 684 g/mol. The van der Waals surface area contributed by atoms with Gasteiger partial charge in [0, 0.05) is 57.0 Å². The van der Waals surface area contributed by atoms with Crippen LogP contribution in [0.15, 0.2) is 164 Å². The molecular weight excluding hydrogens is 647 g/mol. The van der Waals surface area contributed by atoms with Gasteiger partial charge in [-0.2, -0.15) is 0 Å². The van der Waals surface area contributed by atoms with Crippen LogP contribution in [0, 0.1) is 0 Å². The number of thiophene rings is 2. The van der Waals surface area contributed by atoms with Crippen molar-refractivity contribution in [1.82, 2.24) is 15.0 Å². The molecule has 3 heterocycles. The topological polar surface area (TPSA) is 38.7 Å². The van der Waals surface area contributed by atoms with Gasteiger partial charge in [0.25, 0.3) is 0 Å². The van der Waals surface area contributed by atoms with Gasteiger partial charge in [-0.15, -0.1) is 22.7 Å². The minimum Gasteiger partial charge on any atom is -0.208 e. The van der Waals surface area contributed by atoms with E-state index in [-0.39, 0.29) is 28.6 Å². The molecule has 0 N–H and O–H groups in total. The van der Waals surface area contributed by atoms with E-state index in [2.05, 4.69) is 59.6 Å². The lowest BCUT2D eigenvalue weighted by atomic mass is 9.92. The van der Waals surface area contributed by atoms with Gasteiger partial charge in [0.05, 0.1) is 13.7 Å². The molecule has 0 fully saturated rings. The molecule has 5 heteroatoms. The molecule has 0 spiro atoms. The average Bonchev–Trinajstić information content (AvgIpc) is 3.85. The Morgan fingerprint density at radius 3 is 1.26 bits per heavy atom. The second-order valence-corrected chi connectivity index (χ2v) is 13.8. The van der Waals surface area contributed by atoms with Crippen LogP contribution in [-0.2, 0) is 0 Å². The number of aromatic nitrogens is 3. The van der Waals surface area contributed by atoms with Crippen LogP contribution in [-0.4, -0.2) is 15.0 Å². The minimum atomic E-state index is -0.603. The van der Waals surface area contributed by atoms with E-state index in [0.717, 1.165) is 62.6 Å². The summed E-state index contributed by atoms with van der Waals surface area (Å²) in [5, 5.41) is 4.32. The van der Waals surface area contributed by atoms with Crippen LogP contribution in [0.3, 0.4) is 0 Å². The Morgan fingerprint density at radius 2 is 0.780 bits per heavy atom. The summed E-state index contributed by atoms with van der Waals surface area (Å²) in [5.41, 5.74) is 3.35. The predicted molar refractivity (Wildman–Crippen MR) is 213 cm³/mol. The maximum atomic E-state index is 8.82. The molecule has 3 aromatic heterocycles. The Balaban J connectivity index is 1.32. The smallest absolute Gasteiger partial charge is 0.164 e. The third kappa shape index (κ3) is 4.90. The number of hydrogen-bond donors (Lipinski definition) is 0. The largest absolute Gasteiger partial charge is 0.208 e. The van der Waals surface area contributed by atoms with Gasteiger partial charge in [-0.05, 0) is 64.7 Å². The lowest BCUT2D eigenvalue weighted by molar-refractivity contribution is 1.07. The second-order valence-electron chi connectivity index (χ2n) is 11.7. The summed E-state index contributed by atoms with van der Waals surface area (Å²) in [6, 6.07) is 28.9. The number of benzene rings is 7. The van der Waals surface area contributed by atoms with Crippen LogP contribution in [0.2, 0.25) is 0 Å². The van der Waals surface area contributed by atoms with E-state index >= 15 is 0 Å². The Kier molecular flexibility index (Phi) is 4.85. The normalized spacial score (nSPS) is 14.4. The zero-order valence-electron chi connectivity index (χ0n) is 36.0. The first kappa shape index (κ1) is 20.5. The minimum absolute atomic E-state index is 0.00132. The second kappa shape index (κ2) is 11.8. The first-order valence-corrected chi connectivity index (χ1v) is 17.4. The summed E-state index contributed by atoms with van der Waals surface area (Å²) in [6.45, 7) is 0. The van der Waals surface area contributed by atoms with Gasteiger partial charge < -0.3 is 0 Å². The summed E-state index contributed by atoms with van der Waals surface area (Å²) < 4.78 is 89.9. The van der Waals surface area contributed by atoms with Gasteiger partial charge in [0.15, 0.2) is 17.5 Å². The van der Waals surface area contributed by atoms with Crippen molar-refractivity contribution in [3.05, 3.63) is 164 Å². The van der Waals surface area contributed by atoms with Crippen LogP contribution >= 0.6 is 22.7 Å². The molecule has 234 valence electrons. The fourth-order valence-corrected chi connectivity index (χ4v) is 8.81. The number of fused-ring (bicyclic) bond motifs is 6. The first-order valence-electron chi connectivity index (χ1n) is 20.8. The Hall–Kier alpha value is -6.01. The van der Waals surface area contributed by atoms with E-state index in [0.29, 0.717) is 5.56 Å². The molecular formula is C45H27N3S2. The maximum absolute atomic E-state index is 8.82. The van der Waals surface area contributed by atoms with Gasteiger partial charge in [-0.1, -0.05) is 121 Å². The van der Waals surface area contributed by atoms with Gasteiger partial charge in [0.1, 0.15) is 0 Å². The van der Waals surface area contributed by atoms with Crippen LogP contribution < -0.4 is 0 Å². The molecule has 0 bridgehead atoms. The van der Waals surface area contributed by atoms with Crippen molar-refractivity contribution in [2.75, 3.05) is 0 Å². The predicted octanol–water partition coefficient (Wildman–Crippen LogP) is 12.9. The van der Waals surface area contributed by atoms with E-state index in [1.165, 1.54) is 0 Å². The summed E-state index contributed by atoms with van der Waals surface area (Å²) in [5.74, 6) is -0.633. The summed E-state index contributed by atoms with van der Waals surface area (Å²) in [6.07, 6.45) is 0. The van der Waals surface area contributed by atoms with Crippen molar-refractivity contribution in [3.8, 4) is 56.4 Å². The van der Waals surface area contributed by atoms with Crippen molar-refractivity contribution in [1.29, 1.82) is 0 Å². The van der Waals surface area contributed by atoms with E-state index in [9.17, 15) is 0 Å². The first-order chi connectivity index (χ1) is 28.9. The van der Waals surface area contributed by atoms with Crippen LogP contribution in [0.5, 0.6) is 0 Å². The lowest BCUT2D eigenvalue weighted by Gasteiger charge is -2.14. The number of hydrogen-bond acceptors (Lipinski definition) is 5. The Labute approximate surface area is 310 Å². The monoisotopic (exact) mass is 683 g/mol. The van der Waals surface area contributed by atoms with Crippen LogP contribution in [0.4, 0.5) is 0 Å². The summed E-state index contributed by atoms with van der Waals surface area (Å²) in [7, 11) is 0. The molecule has 7 aromatic carbocycles. The van der Waals surface area contributed by atoms with Crippen molar-refractivity contribution in [2.45, 2.75) is 0 Å². The highest BCUT2D eigenvalue weighted by Gasteiger charge is 2.18. The molecule has 0 atom stereocenters. The SMILES string of the molecule is [2H]c1c([2H])c([2H])c(-c2nc(-c3cc(-c4cccc5sc6ccccc6c45)cc(-c4cccc5sc6ccccc6c45)c3)nc(-c3c([2H])c([2H])c([2H])c([2H])c3[2H])n2)c([2H])c1[2H]. The van der Waals surface area contributed by atoms with Gasteiger partial charge in [-0.3, -0.25) is 0 Å². The Morgan fingerprint density at radius 1 is 0.380 bits per heavy atom. The van der Waals surface area contributed by atoms with E-state index in [4.69, 9.17) is 23.7 Å². The highest BCUT2D eigenvalue weighted by Crippen LogP contribution is 2.44. The maximum Gasteiger partial charge on any atom is 0.164 e. The molecule has 0 aliphatic carbocycles.